The van der Waals surface area contributed by atoms with Gasteiger partial charge in [0.1, 0.15) is 0 Å². The van der Waals surface area contributed by atoms with Crippen molar-refractivity contribution in [3.8, 4) is 0 Å². The molecule has 0 atom stereocenters. The SMILES string of the molecule is O=C(O)c1ccc(C=C(c2ccc(C(=O)O)cc2)c2ccc(C(=O)O)cc2)cc1. The van der Waals surface area contributed by atoms with Crippen LogP contribution in [0.15, 0.2) is 72.8 Å². The summed E-state index contributed by atoms with van der Waals surface area (Å²) in [6, 6.07) is 19.0. The summed E-state index contributed by atoms with van der Waals surface area (Å²) >= 11 is 0. The highest BCUT2D eigenvalue weighted by atomic mass is 16.4. The van der Waals surface area contributed by atoms with Crippen LogP contribution in [0.25, 0.3) is 11.6 Å². The van der Waals surface area contributed by atoms with Gasteiger partial charge in [-0.15, -0.1) is 0 Å². The first-order chi connectivity index (χ1) is 13.8. The lowest BCUT2D eigenvalue weighted by Crippen LogP contribution is -1.98. The van der Waals surface area contributed by atoms with Crippen LogP contribution in [0.2, 0.25) is 0 Å². The fourth-order valence-corrected chi connectivity index (χ4v) is 2.81. The van der Waals surface area contributed by atoms with Crippen molar-refractivity contribution in [3.05, 3.63) is 106 Å². The molecule has 6 nitrogen and oxygen atoms in total. The van der Waals surface area contributed by atoms with Gasteiger partial charge in [-0.1, -0.05) is 36.4 Å². The Morgan fingerprint density at radius 2 is 0.759 bits per heavy atom. The Kier molecular flexibility index (Phi) is 5.55. The van der Waals surface area contributed by atoms with E-state index in [1.807, 2.05) is 6.08 Å². The van der Waals surface area contributed by atoms with Crippen molar-refractivity contribution in [2.45, 2.75) is 0 Å². The second kappa shape index (κ2) is 8.22. The molecule has 0 unspecified atom stereocenters. The van der Waals surface area contributed by atoms with Crippen LogP contribution in [0.1, 0.15) is 47.8 Å². The third kappa shape index (κ3) is 4.56. The highest BCUT2D eigenvalue weighted by Gasteiger charge is 2.10. The number of carboxylic acid groups (broad SMARTS) is 3. The summed E-state index contributed by atoms with van der Waals surface area (Å²) < 4.78 is 0. The smallest absolute Gasteiger partial charge is 0.335 e. The lowest BCUT2D eigenvalue weighted by atomic mass is 9.94. The maximum atomic E-state index is 11.1. The number of hydrogen-bond acceptors (Lipinski definition) is 3. The highest BCUT2D eigenvalue weighted by Crippen LogP contribution is 2.27. The Bertz CT molecular complexity index is 1030. The van der Waals surface area contributed by atoms with Crippen LogP contribution >= 0.6 is 0 Å². The molecule has 0 radical (unpaired) electrons. The van der Waals surface area contributed by atoms with Gasteiger partial charge < -0.3 is 15.3 Å². The van der Waals surface area contributed by atoms with Gasteiger partial charge in [-0.2, -0.15) is 0 Å². The van der Waals surface area contributed by atoms with Crippen LogP contribution in [-0.2, 0) is 0 Å². The van der Waals surface area contributed by atoms with E-state index in [1.54, 1.807) is 36.4 Å². The Labute approximate surface area is 166 Å². The standard InChI is InChI=1S/C23H16O6/c24-21(25)17-3-1-14(2-4-17)13-20(15-5-9-18(10-6-15)22(26)27)16-7-11-19(12-8-16)23(28)29/h1-13H,(H,24,25)(H,26,27)(H,28,29). The third-order valence-electron chi connectivity index (χ3n) is 4.35. The summed E-state index contributed by atoms with van der Waals surface area (Å²) in [5.41, 5.74) is 3.43. The Morgan fingerprint density at radius 1 is 0.483 bits per heavy atom. The normalized spacial score (nSPS) is 10.2. The van der Waals surface area contributed by atoms with E-state index in [9.17, 15) is 14.4 Å². The Hall–Kier alpha value is -4.19. The third-order valence-corrected chi connectivity index (χ3v) is 4.35. The van der Waals surface area contributed by atoms with Crippen molar-refractivity contribution in [2.24, 2.45) is 0 Å². The molecule has 0 fully saturated rings. The monoisotopic (exact) mass is 388 g/mol. The number of benzene rings is 3. The van der Waals surface area contributed by atoms with E-state index in [-0.39, 0.29) is 16.7 Å². The first-order valence-electron chi connectivity index (χ1n) is 8.57. The van der Waals surface area contributed by atoms with Gasteiger partial charge >= 0.3 is 17.9 Å². The molecule has 6 heteroatoms. The summed E-state index contributed by atoms with van der Waals surface area (Å²) in [5.74, 6) is -3.08. The van der Waals surface area contributed by atoms with Crippen molar-refractivity contribution in [2.75, 3.05) is 0 Å². The fourth-order valence-electron chi connectivity index (χ4n) is 2.81. The molecule has 3 aromatic rings. The molecular weight excluding hydrogens is 372 g/mol. The zero-order valence-corrected chi connectivity index (χ0v) is 15.1. The molecule has 0 aliphatic carbocycles. The molecule has 29 heavy (non-hydrogen) atoms. The van der Waals surface area contributed by atoms with E-state index in [0.29, 0.717) is 0 Å². The summed E-state index contributed by atoms with van der Waals surface area (Å²) in [6.07, 6.45) is 1.83. The van der Waals surface area contributed by atoms with Crippen molar-refractivity contribution in [3.63, 3.8) is 0 Å². The maximum absolute atomic E-state index is 11.1. The molecule has 3 aromatic carbocycles. The summed E-state index contributed by atoms with van der Waals surface area (Å²) in [4.78, 5) is 33.3. The van der Waals surface area contributed by atoms with E-state index in [1.165, 1.54) is 36.4 Å². The van der Waals surface area contributed by atoms with Gasteiger partial charge in [0, 0.05) is 0 Å². The van der Waals surface area contributed by atoms with Crippen molar-refractivity contribution in [1.29, 1.82) is 0 Å². The van der Waals surface area contributed by atoms with Crippen LogP contribution < -0.4 is 0 Å². The molecule has 0 saturated carbocycles. The molecule has 0 amide bonds. The number of aromatic carboxylic acids is 3. The average molecular weight is 388 g/mol. The number of rotatable bonds is 6. The predicted molar refractivity (Wildman–Crippen MR) is 107 cm³/mol. The molecule has 0 aromatic heterocycles. The molecule has 0 aliphatic rings. The lowest BCUT2D eigenvalue weighted by molar-refractivity contribution is 0.0686. The predicted octanol–water partition coefficient (Wildman–Crippen LogP) is 4.37. The van der Waals surface area contributed by atoms with Gasteiger partial charge in [0.2, 0.25) is 0 Å². The second-order valence-corrected chi connectivity index (χ2v) is 6.25. The van der Waals surface area contributed by atoms with Gasteiger partial charge in [0.25, 0.3) is 0 Å². The van der Waals surface area contributed by atoms with Gasteiger partial charge in [-0.3, -0.25) is 0 Å². The molecule has 0 heterocycles. The summed E-state index contributed by atoms with van der Waals surface area (Å²) in [5, 5.41) is 27.2. The van der Waals surface area contributed by atoms with Gasteiger partial charge in [0.15, 0.2) is 0 Å². The minimum absolute atomic E-state index is 0.153. The molecule has 0 aliphatic heterocycles. The largest absolute Gasteiger partial charge is 0.478 e. The zero-order chi connectivity index (χ0) is 21.0. The maximum Gasteiger partial charge on any atom is 0.335 e. The molecule has 0 spiro atoms. The van der Waals surface area contributed by atoms with Crippen molar-refractivity contribution >= 4 is 29.6 Å². The van der Waals surface area contributed by atoms with E-state index < -0.39 is 17.9 Å². The topological polar surface area (TPSA) is 112 Å². The lowest BCUT2D eigenvalue weighted by Gasteiger charge is -2.10. The highest BCUT2D eigenvalue weighted by molar-refractivity contribution is 5.95. The number of carbonyl (C=O) groups is 3. The van der Waals surface area contributed by atoms with Gasteiger partial charge in [0.05, 0.1) is 16.7 Å². The first-order valence-corrected chi connectivity index (χ1v) is 8.57. The first kappa shape index (κ1) is 19.6. The molecule has 0 bridgehead atoms. The molecule has 144 valence electrons. The molecule has 3 rings (SSSR count). The Balaban J connectivity index is 2.08. The number of hydrogen-bond donors (Lipinski definition) is 3. The van der Waals surface area contributed by atoms with Crippen LogP contribution in [0, 0.1) is 0 Å². The summed E-state index contributed by atoms with van der Waals surface area (Å²) in [6.45, 7) is 0. The van der Waals surface area contributed by atoms with Crippen LogP contribution in [0.4, 0.5) is 0 Å². The van der Waals surface area contributed by atoms with Crippen molar-refractivity contribution in [1.82, 2.24) is 0 Å². The minimum atomic E-state index is -1.03. The fraction of sp³-hybridized carbons (Fsp3) is 0. The van der Waals surface area contributed by atoms with E-state index in [2.05, 4.69) is 0 Å². The molecule has 3 N–H and O–H groups in total. The minimum Gasteiger partial charge on any atom is -0.478 e. The van der Waals surface area contributed by atoms with Gasteiger partial charge in [-0.25, -0.2) is 14.4 Å². The van der Waals surface area contributed by atoms with Crippen LogP contribution in [0.5, 0.6) is 0 Å². The van der Waals surface area contributed by atoms with Crippen molar-refractivity contribution < 1.29 is 29.7 Å². The van der Waals surface area contributed by atoms with E-state index >= 15 is 0 Å². The second-order valence-electron chi connectivity index (χ2n) is 6.25. The average Bonchev–Trinajstić information content (AvgIpc) is 2.72. The quantitative estimate of drug-likeness (QED) is 0.541. The van der Waals surface area contributed by atoms with E-state index in [0.717, 1.165) is 22.3 Å². The van der Waals surface area contributed by atoms with Gasteiger partial charge in [-0.05, 0) is 64.7 Å². The number of carboxylic acids is 3. The molecular formula is C23H16O6. The van der Waals surface area contributed by atoms with Crippen LogP contribution in [-0.4, -0.2) is 33.2 Å². The van der Waals surface area contributed by atoms with Crippen LogP contribution in [0.3, 0.4) is 0 Å². The van der Waals surface area contributed by atoms with E-state index in [4.69, 9.17) is 15.3 Å². The molecule has 0 saturated heterocycles. The summed E-state index contributed by atoms with van der Waals surface area (Å²) in [7, 11) is 0. The zero-order valence-electron chi connectivity index (χ0n) is 15.1. The Morgan fingerprint density at radius 3 is 1.07 bits per heavy atom.